The number of aromatic nitrogens is 2. The topological polar surface area (TPSA) is 71.2 Å². The lowest BCUT2D eigenvalue weighted by molar-refractivity contribution is 0.0427. The molecule has 1 saturated carbocycles. The summed E-state index contributed by atoms with van der Waals surface area (Å²) in [4.78, 5) is 0. The summed E-state index contributed by atoms with van der Waals surface area (Å²) < 4.78 is 6.58. The second-order valence-electron chi connectivity index (χ2n) is 5.10. The van der Waals surface area contributed by atoms with Gasteiger partial charge in [0.2, 0.25) is 11.8 Å². The van der Waals surface area contributed by atoms with Gasteiger partial charge in [0.15, 0.2) is 0 Å². The second kappa shape index (κ2) is 6.03. The zero-order valence-corrected chi connectivity index (χ0v) is 12.5. The largest absolute Gasteiger partial charge is 0.419 e. The van der Waals surface area contributed by atoms with Gasteiger partial charge in [-0.2, -0.15) is 0 Å². The minimum atomic E-state index is -0.104. The molecule has 106 valence electrons. The molecular formula is C14H16BrN3O2. The highest BCUT2D eigenvalue weighted by molar-refractivity contribution is 9.10. The van der Waals surface area contributed by atoms with E-state index in [1.54, 1.807) is 0 Å². The Kier molecular flexibility index (Phi) is 4.14. The van der Waals surface area contributed by atoms with Crippen molar-refractivity contribution >= 4 is 15.9 Å². The predicted molar refractivity (Wildman–Crippen MR) is 77.9 cm³/mol. The minimum absolute atomic E-state index is 0.104. The van der Waals surface area contributed by atoms with E-state index in [4.69, 9.17) is 4.42 Å². The molecule has 0 bridgehead atoms. The Hall–Kier alpha value is -1.24. The van der Waals surface area contributed by atoms with E-state index in [-0.39, 0.29) is 6.10 Å². The normalized spacial score (nSPS) is 21.7. The quantitative estimate of drug-likeness (QED) is 0.876. The van der Waals surface area contributed by atoms with Crippen molar-refractivity contribution in [2.45, 2.75) is 25.5 Å². The third kappa shape index (κ3) is 3.08. The van der Waals surface area contributed by atoms with E-state index in [1.807, 2.05) is 24.3 Å². The van der Waals surface area contributed by atoms with Crippen LogP contribution in [0.3, 0.4) is 0 Å². The fraction of sp³-hybridized carbons (Fsp3) is 0.429. The molecule has 1 fully saturated rings. The molecule has 1 aliphatic rings. The number of benzene rings is 1. The van der Waals surface area contributed by atoms with Crippen LogP contribution in [0, 0.1) is 5.92 Å². The zero-order chi connectivity index (χ0) is 13.9. The summed E-state index contributed by atoms with van der Waals surface area (Å²) in [5.41, 5.74) is 0.897. The molecule has 6 heteroatoms. The Bertz CT molecular complexity index is 581. The van der Waals surface area contributed by atoms with Gasteiger partial charge in [0.05, 0.1) is 18.2 Å². The van der Waals surface area contributed by atoms with Crippen molar-refractivity contribution in [2.75, 3.05) is 6.54 Å². The van der Waals surface area contributed by atoms with Gasteiger partial charge < -0.3 is 14.8 Å². The summed E-state index contributed by atoms with van der Waals surface area (Å²) in [6.45, 7) is 1.44. The molecule has 0 amide bonds. The summed E-state index contributed by atoms with van der Waals surface area (Å²) >= 11 is 3.47. The molecule has 1 heterocycles. The third-order valence-corrected chi connectivity index (χ3v) is 4.18. The number of aliphatic hydroxyl groups excluding tert-OH is 1. The first-order valence-electron chi connectivity index (χ1n) is 6.68. The zero-order valence-electron chi connectivity index (χ0n) is 10.9. The number of aliphatic hydroxyl groups is 1. The molecule has 0 spiro atoms. The summed E-state index contributed by atoms with van der Waals surface area (Å²) in [5, 5.41) is 20.6. The standard InChI is InChI=1S/C14H16BrN3O2/c15-12-4-2-1-3-11(12)14-18-17-13(20-14)8-16-7-9-5-10(19)6-9/h1-4,9-10,16,19H,5-8H2. The van der Waals surface area contributed by atoms with Crippen LogP contribution in [-0.4, -0.2) is 28.0 Å². The second-order valence-corrected chi connectivity index (χ2v) is 5.96. The number of halogens is 1. The van der Waals surface area contributed by atoms with Crippen LogP contribution in [-0.2, 0) is 6.54 Å². The number of hydrogen-bond donors (Lipinski definition) is 2. The Balaban J connectivity index is 1.56. The van der Waals surface area contributed by atoms with E-state index in [0.29, 0.717) is 24.2 Å². The van der Waals surface area contributed by atoms with E-state index < -0.39 is 0 Å². The third-order valence-electron chi connectivity index (χ3n) is 3.49. The van der Waals surface area contributed by atoms with E-state index in [1.165, 1.54) is 0 Å². The summed E-state index contributed by atoms with van der Waals surface area (Å²) in [5.74, 6) is 1.67. The molecule has 1 aromatic carbocycles. The molecule has 5 nitrogen and oxygen atoms in total. The lowest BCUT2D eigenvalue weighted by Crippen LogP contribution is -2.35. The average molecular weight is 338 g/mol. The smallest absolute Gasteiger partial charge is 0.248 e. The van der Waals surface area contributed by atoms with Crippen molar-refractivity contribution in [2.24, 2.45) is 5.92 Å². The van der Waals surface area contributed by atoms with E-state index in [9.17, 15) is 5.11 Å². The lowest BCUT2D eigenvalue weighted by atomic mass is 9.82. The van der Waals surface area contributed by atoms with Gasteiger partial charge in [-0.25, -0.2) is 0 Å². The lowest BCUT2D eigenvalue weighted by Gasteiger charge is -2.31. The molecule has 0 atom stereocenters. The van der Waals surface area contributed by atoms with Crippen LogP contribution in [0.15, 0.2) is 33.2 Å². The van der Waals surface area contributed by atoms with Crippen molar-refractivity contribution < 1.29 is 9.52 Å². The molecule has 1 aromatic heterocycles. The van der Waals surface area contributed by atoms with Gasteiger partial charge in [0, 0.05) is 4.47 Å². The molecule has 1 aliphatic carbocycles. The highest BCUT2D eigenvalue weighted by Gasteiger charge is 2.26. The molecular weight excluding hydrogens is 322 g/mol. The van der Waals surface area contributed by atoms with Crippen LogP contribution >= 0.6 is 15.9 Å². The highest BCUT2D eigenvalue weighted by atomic mass is 79.9. The van der Waals surface area contributed by atoms with Crippen LogP contribution < -0.4 is 5.32 Å². The summed E-state index contributed by atoms with van der Waals surface area (Å²) in [7, 11) is 0. The van der Waals surface area contributed by atoms with Crippen molar-refractivity contribution in [3.05, 3.63) is 34.6 Å². The van der Waals surface area contributed by atoms with Crippen molar-refractivity contribution in [3.63, 3.8) is 0 Å². The molecule has 0 aliphatic heterocycles. The molecule has 2 N–H and O–H groups in total. The van der Waals surface area contributed by atoms with Gasteiger partial charge in [-0.05, 0) is 53.4 Å². The van der Waals surface area contributed by atoms with Gasteiger partial charge in [-0.1, -0.05) is 12.1 Å². The van der Waals surface area contributed by atoms with Crippen LogP contribution in [0.1, 0.15) is 18.7 Å². The molecule has 0 unspecified atom stereocenters. The fourth-order valence-electron chi connectivity index (χ4n) is 2.32. The van der Waals surface area contributed by atoms with Gasteiger partial charge in [-0.15, -0.1) is 10.2 Å². The van der Waals surface area contributed by atoms with Gasteiger partial charge in [0.1, 0.15) is 0 Å². The van der Waals surface area contributed by atoms with Crippen molar-refractivity contribution in [1.82, 2.24) is 15.5 Å². The van der Waals surface area contributed by atoms with Crippen molar-refractivity contribution in [1.29, 1.82) is 0 Å². The Morgan fingerprint density at radius 3 is 2.85 bits per heavy atom. The Morgan fingerprint density at radius 1 is 1.30 bits per heavy atom. The maximum atomic E-state index is 9.22. The van der Waals surface area contributed by atoms with Gasteiger partial charge in [0.25, 0.3) is 0 Å². The number of nitrogens with zero attached hydrogens (tertiary/aromatic N) is 2. The van der Waals surface area contributed by atoms with E-state index in [2.05, 4.69) is 31.4 Å². The minimum Gasteiger partial charge on any atom is -0.419 e. The van der Waals surface area contributed by atoms with Crippen LogP contribution in [0.25, 0.3) is 11.5 Å². The molecule has 0 saturated heterocycles. The van der Waals surface area contributed by atoms with Crippen LogP contribution in [0.5, 0.6) is 0 Å². The molecule has 0 radical (unpaired) electrons. The first kappa shape index (κ1) is 13.7. The monoisotopic (exact) mass is 337 g/mol. The Labute approximate surface area is 125 Å². The molecule has 20 heavy (non-hydrogen) atoms. The first-order chi connectivity index (χ1) is 9.72. The number of nitrogens with one attached hydrogen (secondary N) is 1. The fourth-order valence-corrected chi connectivity index (χ4v) is 2.77. The van der Waals surface area contributed by atoms with Gasteiger partial charge >= 0.3 is 0 Å². The number of rotatable bonds is 5. The predicted octanol–water partition coefficient (Wildman–Crippen LogP) is 2.36. The number of hydrogen-bond acceptors (Lipinski definition) is 5. The van der Waals surface area contributed by atoms with Crippen LogP contribution in [0.2, 0.25) is 0 Å². The van der Waals surface area contributed by atoms with E-state index in [0.717, 1.165) is 29.4 Å². The van der Waals surface area contributed by atoms with Crippen LogP contribution in [0.4, 0.5) is 0 Å². The van der Waals surface area contributed by atoms with Crippen molar-refractivity contribution in [3.8, 4) is 11.5 Å². The highest BCUT2D eigenvalue weighted by Crippen LogP contribution is 2.27. The molecule has 2 aromatic rings. The molecule has 3 rings (SSSR count). The average Bonchev–Trinajstić information content (AvgIpc) is 2.86. The SMILES string of the molecule is OC1CC(CNCc2nnc(-c3ccccc3Br)o2)C1. The van der Waals surface area contributed by atoms with Gasteiger partial charge in [-0.3, -0.25) is 0 Å². The summed E-state index contributed by atoms with van der Waals surface area (Å²) in [6, 6.07) is 7.76. The first-order valence-corrected chi connectivity index (χ1v) is 7.47. The maximum absolute atomic E-state index is 9.22. The Morgan fingerprint density at radius 2 is 2.10 bits per heavy atom. The summed E-state index contributed by atoms with van der Waals surface area (Å²) in [6.07, 6.45) is 1.67. The maximum Gasteiger partial charge on any atom is 0.248 e. The van der Waals surface area contributed by atoms with E-state index >= 15 is 0 Å².